The van der Waals surface area contributed by atoms with Gasteiger partial charge in [0.15, 0.2) is 5.75 Å². The first-order chi connectivity index (χ1) is 15.8. The number of rotatable bonds is 4. The van der Waals surface area contributed by atoms with Crippen LogP contribution in [0.5, 0.6) is 5.75 Å². The zero-order valence-corrected chi connectivity index (χ0v) is 18.5. The van der Waals surface area contributed by atoms with Crippen molar-refractivity contribution >= 4 is 28.6 Å². The number of aromatic nitrogens is 1. The van der Waals surface area contributed by atoms with E-state index in [0.29, 0.717) is 37.1 Å². The summed E-state index contributed by atoms with van der Waals surface area (Å²) in [6.45, 7) is 3.87. The standard InChI is InChI=1S/C24H26N4O5/c1-15(16-6-5-7-17(14-16)27-10-12-28(13-11-27)24(32)33)25-22(30)20-18-8-3-4-9-19(18)26(2)23(31)21(20)29/h3-9,14-15,29H,10-13H2,1-2H3,(H,25,30)(H,32,33). The van der Waals surface area contributed by atoms with Crippen LogP contribution in [0.2, 0.25) is 0 Å². The number of para-hydroxylation sites is 1. The average molecular weight is 450 g/mol. The molecule has 0 spiro atoms. The summed E-state index contributed by atoms with van der Waals surface area (Å²) in [6.07, 6.45) is -0.911. The van der Waals surface area contributed by atoms with Crippen molar-refractivity contribution in [2.24, 2.45) is 7.05 Å². The highest BCUT2D eigenvalue weighted by Crippen LogP contribution is 2.26. The van der Waals surface area contributed by atoms with Gasteiger partial charge in [-0.1, -0.05) is 30.3 Å². The largest absolute Gasteiger partial charge is 0.502 e. The molecule has 0 radical (unpaired) electrons. The fraction of sp³-hybridized carbons (Fsp3) is 0.292. The van der Waals surface area contributed by atoms with E-state index in [1.165, 1.54) is 9.47 Å². The van der Waals surface area contributed by atoms with Crippen molar-refractivity contribution in [2.75, 3.05) is 31.1 Å². The van der Waals surface area contributed by atoms with Crippen molar-refractivity contribution in [1.82, 2.24) is 14.8 Å². The molecule has 9 nitrogen and oxygen atoms in total. The Kier molecular flexibility index (Phi) is 5.95. The van der Waals surface area contributed by atoms with E-state index >= 15 is 0 Å². The molecular formula is C24H26N4O5. The SMILES string of the molecule is CC(NC(=O)c1c(O)c(=O)n(C)c2ccccc12)c1cccc(N2CCN(C(=O)O)CC2)c1. The number of hydrogen-bond donors (Lipinski definition) is 3. The van der Waals surface area contributed by atoms with Crippen molar-refractivity contribution < 1.29 is 19.8 Å². The molecule has 2 aromatic carbocycles. The van der Waals surface area contributed by atoms with Crippen molar-refractivity contribution in [1.29, 1.82) is 0 Å². The summed E-state index contributed by atoms with van der Waals surface area (Å²) in [5.74, 6) is -1.11. The van der Waals surface area contributed by atoms with Crippen LogP contribution in [0.3, 0.4) is 0 Å². The van der Waals surface area contributed by atoms with Crippen molar-refractivity contribution in [2.45, 2.75) is 13.0 Å². The quantitative estimate of drug-likeness (QED) is 0.563. The minimum absolute atomic E-state index is 0.0403. The predicted octanol–water partition coefficient (Wildman–Crippen LogP) is 2.54. The number of benzene rings is 2. The van der Waals surface area contributed by atoms with Crippen LogP contribution in [0, 0.1) is 0 Å². The third kappa shape index (κ3) is 4.21. The molecule has 0 bridgehead atoms. The smallest absolute Gasteiger partial charge is 0.407 e. The summed E-state index contributed by atoms with van der Waals surface area (Å²) in [4.78, 5) is 40.2. The van der Waals surface area contributed by atoms with Crippen molar-refractivity contribution in [3.05, 3.63) is 70.0 Å². The maximum absolute atomic E-state index is 13.1. The Morgan fingerprint density at radius 1 is 1.03 bits per heavy atom. The molecule has 9 heteroatoms. The summed E-state index contributed by atoms with van der Waals surface area (Å²) in [6, 6.07) is 14.3. The lowest BCUT2D eigenvalue weighted by Crippen LogP contribution is -2.48. The lowest BCUT2D eigenvalue weighted by atomic mass is 10.0. The molecule has 1 aliphatic rings. The average Bonchev–Trinajstić information content (AvgIpc) is 2.83. The Morgan fingerprint density at radius 3 is 2.42 bits per heavy atom. The van der Waals surface area contributed by atoms with E-state index in [-0.39, 0.29) is 11.6 Å². The Balaban J connectivity index is 1.56. The van der Waals surface area contributed by atoms with Gasteiger partial charge in [0, 0.05) is 44.3 Å². The zero-order valence-electron chi connectivity index (χ0n) is 18.5. The summed E-state index contributed by atoms with van der Waals surface area (Å²) in [5, 5.41) is 23.0. The molecule has 0 saturated carbocycles. The lowest BCUT2D eigenvalue weighted by molar-refractivity contribution is 0.0938. The number of carboxylic acid groups (broad SMARTS) is 1. The Bertz CT molecular complexity index is 1280. The molecule has 3 aromatic rings. The molecule has 4 rings (SSSR count). The van der Waals surface area contributed by atoms with Crippen LogP contribution < -0.4 is 15.8 Å². The summed E-state index contributed by atoms with van der Waals surface area (Å²) >= 11 is 0. The number of piperazine rings is 1. The van der Waals surface area contributed by atoms with E-state index in [1.807, 2.05) is 31.2 Å². The molecule has 1 aromatic heterocycles. The highest BCUT2D eigenvalue weighted by Gasteiger charge is 2.23. The number of fused-ring (bicyclic) bond motifs is 1. The van der Waals surface area contributed by atoms with E-state index in [4.69, 9.17) is 5.11 Å². The molecule has 1 saturated heterocycles. The van der Waals surface area contributed by atoms with Gasteiger partial charge < -0.3 is 29.9 Å². The van der Waals surface area contributed by atoms with Crippen LogP contribution in [0.15, 0.2) is 53.3 Å². The first-order valence-corrected chi connectivity index (χ1v) is 10.7. The lowest BCUT2D eigenvalue weighted by Gasteiger charge is -2.35. The van der Waals surface area contributed by atoms with Gasteiger partial charge in [0.1, 0.15) is 0 Å². The van der Waals surface area contributed by atoms with Crippen LogP contribution >= 0.6 is 0 Å². The van der Waals surface area contributed by atoms with Gasteiger partial charge in [0.2, 0.25) is 0 Å². The number of nitrogens with zero attached hydrogens (tertiary/aromatic N) is 3. The molecule has 3 N–H and O–H groups in total. The molecule has 2 heterocycles. The number of pyridine rings is 1. The van der Waals surface area contributed by atoms with Crippen LogP contribution in [0.4, 0.5) is 10.5 Å². The number of aryl methyl sites for hydroxylation is 1. The minimum atomic E-state index is -0.911. The van der Waals surface area contributed by atoms with Gasteiger partial charge in [-0.3, -0.25) is 9.59 Å². The van der Waals surface area contributed by atoms with Crippen LogP contribution in [-0.2, 0) is 7.05 Å². The van der Waals surface area contributed by atoms with Gasteiger partial charge in [0.25, 0.3) is 11.5 Å². The van der Waals surface area contributed by atoms with Gasteiger partial charge >= 0.3 is 6.09 Å². The topological polar surface area (TPSA) is 115 Å². The van der Waals surface area contributed by atoms with Gasteiger partial charge in [-0.2, -0.15) is 0 Å². The number of amides is 2. The second-order valence-corrected chi connectivity index (χ2v) is 8.15. The van der Waals surface area contributed by atoms with Gasteiger partial charge in [-0.05, 0) is 30.7 Å². The first-order valence-electron chi connectivity index (χ1n) is 10.7. The normalized spacial score (nSPS) is 14.8. The fourth-order valence-corrected chi connectivity index (χ4v) is 4.21. The Labute approximate surface area is 190 Å². The Hall–Kier alpha value is -4.01. The second-order valence-electron chi connectivity index (χ2n) is 8.15. The van der Waals surface area contributed by atoms with E-state index in [2.05, 4.69) is 10.2 Å². The van der Waals surface area contributed by atoms with Gasteiger partial charge in [0.05, 0.1) is 17.1 Å². The molecule has 0 aliphatic carbocycles. The maximum atomic E-state index is 13.1. The molecule has 1 aliphatic heterocycles. The second kappa shape index (κ2) is 8.85. The van der Waals surface area contributed by atoms with E-state index in [0.717, 1.165) is 11.3 Å². The van der Waals surface area contributed by atoms with E-state index in [1.54, 1.807) is 31.3 Å². The molecule has 1 fully saturated rings. The van der Waals surface area contributed by atoms with Crippen LogP contribution in [0.25, 0.3) is 10.9 Å². The van der Waals surface area contributed by atoms with Crippen molar-refractivity contribution in [3.8, 4) is 5.75 Å². The van der Waals surface area contributed by atoms with E-state index < -0.39 is 23.3 Å². The van der Waals surface area contributed by atoms with Crippen LogP contribution in [-0.4, -0.2) is 57.9 Å². The summed E-state index contributed by atoms with van der Waals surface area (Å²) in [7, 11) is 1.55. The maximum Gasteiger partial charge on any atom is 0.407 e. The number of carbonyl (C=O) groups is 2. The predicted molar refractivity (Wildman–Crippen MR) is 125 cm³/mol. The van der Waals surface area contributed by atoms with Crippen LogP contribution in [0.1, 0.15) is 28.9 Å². The third-order valence-corrected chi connectivity index (χ3v) is 6.14. The molecule has 33 heavy (non-hydrogen) atoms. The molecule has 2 amide bonds. The third-order valence-electron chi connectivity index (χ3n) is 6.14. The van der Waals surface area contributed by atoms with Gasteiger partial charge in [-0.15, -0.1) is 0 Å². The first kappa shape index (κ1) is 22.2. The van der Waals surface area contributed by atoms with Gasteiger partial charge in [-0.25, -0.2) is 4.79 Å². The number of nitrogens with one attached hydrogen (secondary N) is 1. The summed E-state index contributed by atoms with van der Waals surface area (Å²) < 4.78 is 1.32. The molecule has 1 unspecified atom stereocenters. The minimum Gasteiger partial charge on any atom is -0.502 e. The number of anilines is 1. The number of carbonyl (C=O) groups excluding carboxylic acids is 1. The number of hydrogen-bond acceptors (Lipinski definition) is 5. The molecule has 172 valence electrons. The monoisotopic (exact) mass is 450 g/mol. The molecular weight excluding hydrogens is 424 g/mol. The van der Waals surface area contributed by atoms with Crippen molar-refractivity contribution in [3.63, 3.8) is 0 Å². The Morgan fingerprint density at radius 2 is 1.73 bits per heavy atom. The summed E-state index contributed by atoms with van der Waals surface area (Å²) in [5.41, 5.74) is 1.69. The number of aromatic hydroxyl groups is 1. The molecule has 1 atom stereocenters. The van der Waals surface area contributed by atoms with E-state index in [9.17, 15) is 19.5 Å². The zero-order chi connectivity index (χ0) is 23.7. The fourth-order valence-electron chi connectivity index (χ4n) is 4.21. The highest BCUT2D eigenvalue weighted by molar-refractivity contribution is 6.08. The highest BCUT2D eigenvalue weighted by atomic mass is 16.4.